The third kappa shape index (κ3) is 2.37. The minimum atomic E-state index is -1.02. The van der Waals surface area contributed by atoms with Gasteiger partial charge in [-0.05, 0) is 38.1 Å². The topological polar surface area (TPSA) is 20.3 Å². The first-order valence-electron chi connectivity index (χ1n) is 7.30. The van der Waals surface area contributed by atoms with Crippen molar-refractivity contribution in [3.8, 4) is 0 Å². The van der Waals surface area contributed by atoms with E-state index in [1.54, 1.807) is 0 Å². The summed E-state index contributed by atoms with van der Waals surface area (Å²) in [6.45, 7) is 5.47. The lowest BCUT2D eigenvalue weighted by Gasteiger charge is -2.39. The molecule has 0 aromatic heterocycles. The zero-order chi connectivity index (χ0) is 14.8. The molecule has 0 atom stereocenters. The van der Waals surface area contributed by atoms with Crippen LogP contribution >= 0.6 is 0 Å². The molecule has 0 amide bonds. The van der Waals surface area contributed by atoms with Crippen molar-refractivity contribution < 1.29 is 13.6 Å². The molecule has 1 saturated carbocycles. The van der Waals surface area contributed by atoms with E-state index in [-0.39, 0.29) is 11.3 Å². The standard InChI is InChI=1S/C16H21F2NO/c1-3-19(4-2)16(10-5-6-11-16)15(20)12-8-7-9-13(17)14(12)18/h7-9H,3-6,10-11H2,1-2H3. The molecule has 1 aliphatic rings. The van der Waals surface area contributed by atoms with Crippen LogP contribution in [0, 0.1) is 11.6 Å². The monoisotopic (exact) mass is 281 g/mol. The lowest BCUT2D eigenvalue weighted by Crippen LogP contribution is -2.52. The summed E-state index contributed by atoms with van der Waals surface area (Å²) in [5.74, 6) is -2.24. The second-order valence-electron chi connectivity index (χ2n) is 5.34. The second-order valence-corrected chi connectivity index (χ2v) is 5.34. The number of carbonyl (C=O) groups is 1. The number of carbonyl (C=O) groups excluding carboxylic acids is 1. The predicted octanol–water partition coefficient (Wildman–Crippen LogP) is 3.80. The highest BCUT2D eigenvalue weighted by Gasteiger charge is 2.46. The molecule has 2 rings (SSSR count). The Morgan fingerprint density at radius 1 is 1.20 bits per heavy atom. The highest BCUT2D eigenvalue weighted by molar-refractivity contribution is 6.03. The zero-order valence-corrected chi connectivity index (χ0v) is 12.1. The van der Waals surface area contributed by atoms with Gasteiger partial charge in [0.2, 0.25) is 0 Å². The summed E-state index contributed by atoms with van der Waals surface area (Å²) in [5.41, 5.74) is -0.767. The Labute approximate surface area is 118 Å². The molecule has 0 unspecified atom stereocenters. The third-order valence-corrected chi connectivity index (χ3v) is 4.42. The number of benzene rings is 1. The van der Waals surface area contributed by atoms with Crippen molar-refractivity contribution in [1.82, 2.24) is 4.90 Å². The molecule has 2 nitrogen and oxygen atoms in total. The first-order valence-corrected chi connectivity index (χ1v) is 7.30. The summed E-state index contributed by atoms with van der Waals surface area (Å²) in [4.78, 5) is 14.9. The fraction of sp³-hybridized carbons (Fsp3) is 0.562. The van der Waals surface area contributed by atoms with E-state index in [1.807, 2.05) is 13.8 Å². The van der Waals surface area contributed by atoms with Crippen LogP contribution < -0.4 is 0 Å². The molecule has 1 fully saturated rings. The molecular formula is C16H21F2NO. The van der Waals surface area contributed by atoms with Crippen LogP contribution in [-0.4, -0.2) is 29.3 Å². The van der Waals surface area contributed by atoms with Crippen LogP contribution in [-0.2, 0) is 0 Å². The first-order chi connectivity index (χ1) is 9.56. The van der Waals surface area contributed by atoms with Crippen LogP contribution in [0.2, 0.25) is 0 Å². The van der Waals surface area contributed by atoms with Gasteiger partial charge in [0, 0.05) is 0 Å². The van der Waals surface area contributed by atoms with Crippen molar-refractivity contribution in [3.63, 3.8) is 0 Å². The maximum atomic E-state index is 13.9. The molecule has 110 valence electrons. The number of halogens is 2. The predicted molar refractivity (Wildman–Crippen MR) is 74.8 cm³/mol. The van der Waals surface area contributed by atoms with Crippen LogP contribution in [0.5, 0.6) is 0 Å². The van der Waals surface area contributed by atoms with Gasteiger partial charge in [-0.2, -0.15) is 0 Å². The Bertz CT molecular complexity index is 491. The van der Waals surface area contributed by atoms with Crippen LogP contribution in [0.15, 0.2) is 18.2 Å². The van der Waals surface area contributed by atoms with E-state index in [4.69, 9.17) is 0 Å². The summed E-state index contributed by atoms with van der Waals surface area (Å²) in [6.07, 6.45) is 3.37. The lowest BCUT2D eigenvalue weighted by molar-refractivity contribution is 0.0579. The average Bonchev–Trinajstić information content (AvgIpc) is 2.93. The Morgan fingerprint density at radius 3 is 2.35 bits per heavy atom. The van der Waals surface area contributed by atoms with E-state index in [9.17, 15) is 13.6 Å². The number of hydrogen-bond acceptors (Lipinski definition) is 2. The van der Waals surface area contributed by atoms with Gasteiger partial charge in [0.1, 0.15) is 0 Å². The Hall–Kier alpha value is -1.29. The molecule has 1 aromatic carbocycles. The van der Waals surface area contributed by atoms with Gasteiger partial charge in [0.05, 0.1) is 11.1 Å². The molecule has 0 bridgehead atoms. The summed E-state index contributed by atoms with van der Waals surface area (Å²) in [6, 6.07) is 3.84. The molecule has 0 spiro atoms. The van der Waals surface area contributed by atoms with E-state index >= 15 is 0 Å². The first kappa shape index (κ1) is 15.1. The summed E-state index contributed by atoms with van der Waals surface area (Å²) >= 11 is 0. The fourth-order valence-electron chi connectivity index (χ4n) is 3.41. The highest BCUT2D eigenvalue weighted by Crippen LogP contribution is 2.38. The number of hydrogen-bond donors (Lipinski definition) is 0. The highest BCUT2D eigenvalue weighted by atomic mass is 19.2. The summed E-state index contributed by atoms with van der Waals surface area (Å²) in [5, 5.41) is 0. The summed E-state index contributed by atoms with van der Waals surface area (Å²) < 4.78 is 27.3. The van der Waals surface area contributed by atoms with Crippen molar-refractivity contribution in [1.29, 1.82) is 0 Å². The van der Waals surface area contributed by atoms with Gasteiger partial charge in [-0.25, -0.2) is 8.78 Å². The van der Waals surface area contributed by atoms with Crippen molar-refractivity contribution in [3.05, 3.63) is 35.4 Å². The van der Waals surface area contributed by atoms with Crippen LogP contribution in [0.1, 0.15) is 49.9 Å². The number of Topliss-reactive ketones (excluding diaryl/α,β-unsaturated/α-hetero) is 1. The lowest BCUT2D eigenvalue weighted by atomic mass is 9.85. The SMILES string of the molecule is CCN(CC)C1(C(=O)c2cccc(F)c2F)CCCC1. The smallest absolute Gasteiger partial charge is 0.186 e. The van der Waals surface area contributed by atoms with Gasteiger partial charge in [-0.3, -0.25) is 9.69 Å². The van der Waals surface area contributed by atoms with Crippen LogP contribution in [0.3, 0.4) is 0 Å². The molecule has 20 heavy (non-hydrogen) atoms. The maximum absolute atomic E-state index is 13.9. The van der Waals surface area contributed by atoms with Crippen molar-refractivity contribution >= 4 is 5.78 Å². The van der Waals surface area contributed by atoms with Crippen molar-refractivity contribution in [2.45, 2.75) is 45.1 Å². The molecule has 1 aliphatic carbocycles. The number of rotatable bonds is 5. The Balaban J connectivity index is 2.44. The van der Waals surface area contributed by atoms with E-state index in [0.717, 1.165) is 44.8 Å². The normalized spacial score (nSPS) is 17.6. The molecule has 0 heterocycles. The fourth-order valence-corrected chi connectivity index (χ4v) is 3.41. The minimum Gasteiger partial charge on any atom is -0.292 e. The Morgan fingerprint density at radius 2 is 1.80 bits per heavy atom. The molecule has 0 aliphatic heterocycles. The Kier molecular flexibility index (Phi) is 4.53. The number of likely N-dealkylation sites (N-methyl/N-ethyl adjacent to an activating group) is 1. The molecule has 0 radical (unpaired) electrons. The van der Waals surface area contributed by atoms with Gasteiger partial charge < -0.3 is 0 Å². The van der Waals surface area contributed by atoms with Gasteiger partial charge in [0.25, 0.3) is 0 Å². The number of ketones is 1. The van der Waals surface area contributed by atoms with Crippen LogP contribution in [0.4, 0.5) is 8.78 Å². The van der Waals surface area contributed by atoms with Gasteiger partial charge in [0.15, 0.2) is 17.4 Å². The molecule has 0 saturated heterocycles. The van der Waals surface area contributed by atoms with Gasteiger partial charge in [-0.1, -0.05) is 32.8 Å². The molecular weight excluding hydrogens is 260 g/mol. The van der Waals surface area contributed by atoms with Crippen molar-refractivity contribution in [2.75, 3.05) is 13.1 Å². The van der Waals surface area contributed by atoms with E-state index in [1.165, 1.54) is 12.1 Å². The summed E-state index contributed by atoms with van der Waals surface area (Å²) in [7, 11) is 0. The maximum Gasteiger partial charge on any atom is 0.186 e. The molecule has 1 aromatic rings. The quantitative estimate of drug-likeness (QED) is 0.765. The molecule has 0 N–H and O–H groups in total. The third-order valence-electron chi connectivity index (χ3n) is 4.42. The average molecular weight is 281 g/mol. The van der Waals surface area contributed by atoms with Gasteiger partial charge in [-0.15, -0.1) is 0 Å². The van der Waals surface area contributed by atoms with Crippen molar-refractivity contribution in [2.24, 2.45) is 0 Å². The second kappa shape index (κ2) is 6.00. The van der Waals surface area contributed by atoms with E-state index in [0.29, 0.717) is 0 Å². The largest absolute Gasteiger partial charge is 0.292 e. The minimum absolute atomic E-state index is 0.112. The van der Waals surface area contributed by atoms with Crippen LogP contribution in [0.25, 0.3) is 0 Å². The van der Waals surface area contributed by atoms with Gasteiger partial charge >= 0.3 is 0 Å². The number of nitrogens with zero attached hydrogens (tertiary/aromatic N) is 1. The molecule has 4 heteroatoms. The zero-order valence-electron chi connectivity index (χ0n) is 12.1. The van der Waals surface area contributed by atoms with E-state index in [2.05, 4.69) is 4.90 Å². The van der Waals surface area contributed by atoms with E-state index < -0.39 is 17.2 Å².